The van der Waals surface area contributed by atoms with Crippen LogP contribution in [-0.4, -0.2) is 42.4 Å². The Kier molecular flexibility index (Phi) is 6.59. The first kappa shape index (κ1) is 20.2. The predicted octanol–water partition coefficient (Wildman–Crippen LogP) is 1.99. The first-order chi connectivity index (χ1) is 13.4. The number of nitrogens with zero attached hydrogens (tertiary/aromatic N) is 1. The molecule has 0 aliphatic carbocycles. The lowest BCUT2D eigenvalue weighted by Gasteiger charge is -2.17. The number of likely N-dealkylation sites (tertiary alicyclic amines) is 1. The van der Waals surface area contributed by atoms with Gasteiger partial charge in [0, 0.05) is 36.3 Å². The summed E-state index contributed by atoms with van der Waals surface area (Å²) >= 11 is 4.21. The zero-order valence-corrected chi connectivity index (χ0v) is 16.8. The largest absolute Gasteiger partial charge is 0.398 e. The molecule has 0 unspecified atom stereocenters. The Hall–Kier alpha value is -2.51. The Morgan fingerprint density at radius 1 is 1.21 bits per heavy atom. The highest BCUT2D eigenvalue weighted by Gasteiger charge is 2.24. The summed E-state index contributed by atoms with van der Waals surface area (Å²) in [7, 11) is 0. The molecule has 0 saturated carbocycles. The van der Waals surface area contributed by atoms with Crippen molar-refractivity contribution in [2.75, 3.05) is 25.4 Å². The van der Waals surface area contributed by atoms with Crippen LogP contribution in [0.1, 0.15) is 27.9 Å². The highest BCUT2D eigenvalue weighted by atomic mass is 32.1. The van der Waals surface area contributed by atoms with Crippen molar-refractivity contribution in [1.29, 1.82) is 0 Å². The quantitative estimate of drug-likeness (QED) is 0.443. The van der Waals surface area contributed by atoms with Crippen molar-refractivity contribution in [2.24, 2.45) is 0 Å². The summed E-state index contributed by atoms with van der Waals surface area (Å²) in [5.41, 5.74) is 9.02. The average Bonchev–Trinajstić information content (AvgIpc) is 3.10. The maximum Gasteiger partial charge on any atom is 0.253 e. The van der Waals surface area contributed by atoms with E-state index in [1.165, 1.54) is 11.1 Å². The number of thiol groups is 1. The Balaban J connectivity index is 1.43. The highest BCUT2D eigenvalue weighted by Crippen LogP contribution is 2.17. The normalized spacial score (nSPS) is 16.7. The van der Waals surface area contributed by atoms with Crippen LogP contribution in [0.25, 0.3) is 0 Å². The monoisotopic (exact) mass is 398 g/mol. The van der Waals surface area contributed by atoms with Crippen LogP contribution in [0.15, 0.2) is 47.4 Å². The average molecular weight is 399 g/mol. The standard InChI is InChI=1S/C21H26N4O2S/c1-14-2-4-15(5-3-14)12-25-9-8-16(13-25)24-20(26)11-23-21(27)18-10-17(28)6-7-19(18)22/h2-7,10,16,28H,8-9,11-13,22H2,1H3,(H,23,27)(H,24,26)/t16-/m1/s1. The number of amides is 2. The second-order valence-corrected chi connectivity index (χ2v) is 7.74. The fourth-order valence-corrected chi connectivity index (χ4v) is 3.52. The number of nitrogens with two attached hydrogens (primary N) is 1. The van der Waals surface area contributed by atoms with Crippen LogP contribution in [0.4, 0.5) is 5.69 Å². The smallest absolute Gasteiger partial charge is 0.253 e. The molecule has 1 aliphatic heterocycles. The molecular weight excluding hydrogens is 372 g/mol. The van der Waals surface area contributed by atoms with Crippen molar-refractivity contribution in [3.05, 3.63) is 59.2 Å². The molecule has 1 atom stereocenters. The molecule has 0 aromatic heterocycles. The lowest BCUT2D eigenvalue weighted by molar-refractivity contribution is -0.120. The second kappa shape index (κ2) is 9.12. The molecule has 3 rings (SSSR count). The van der Waals surface area contributed by atoms with Gasteiger partial charge in [-0.1, -0.05) is 29.8 Å². The van der Waals surface area contributed by atoms with Crippen LogP contribution < -0.4 is 16.4 Å². The van der Waals surface area contributed by atoms with Gasteiger partial charge in [0.2, 0.25) is 5.91 Å². The third-order valence-corrected chi connectivity index (χ3v) is 5.13. The van der Waals surface area contributed by atoms with Crippen molar-refractivity contribution in [3.63, 3.8) is 0 Å². The van der Waals surface area contributed by atoms with Gasteiger partial charge < -0.3 is 16.4 Å². The summed E-state index contributed by atoms with van der Waals surface area (Å²) in [6.45, 7) is 4.62. The Morgan fingerprint density at radius 3 is 2.71 bits per heavy atom. The molecule has 148 valence electrons. The number of hydrogen-bond donors (Lipinski definition) is 4. The van der Waals surface area contributed by atoms with E-state index < -0.39 is 0 Å². The molecule has 2 aromatic carbocycles. The van der Waals surface area contributed by atoms with E-state index in [4.69, 9.17) is 5.73 Å². The zero-order chi connectivity index (χ0) is 20.1. The molecule has 4 N–H and O–H groups in total. The summed E-state index contributed by atoms with van der Waals surface area (Å²) in [5, 5.41) is 5.61. The van der Waals surface area contributed by atoms with E-state index in [-0.39, 0.29) is 24.4 Å². The molecule has 1 heterocycles. The van der Waals surface area contributed by atoms with Gasteiger partial charge in [0.1, 0.15) is 0 Å². The van der Waals surface area contributed by atoms with Gasteiger partial charge in [0.25, 0.3) is 5.91 Å². The summed E-state index contributed by atoms with van der Waals surface area (Å²) in [5.74, 6) is -0.577. The number of hydrogen-bond acceptors (Lipinski definition) is 5. The lowest BCUT2D eigenvalue weighted by atomic mass is 10.1. The number of anilines is 1. The zero-order valence-electron chi connectivity index (χ0n) is 15.9. The van der Waals surface area contributed by atoms with E-state index in [1.807, 2.05) is 0 Å². The van der Waals surface area contributed by atoms with E-state index in [0.717, 1.165) is 26.1 Å². The van der Waals surface area contributed by atoms with Crippen LogP contribution in [-0.2, 0) is 11.3 Å². The molecule has 6 nitrogen and oxygen atoms in total. The van der Waals surface area contributed by atoms with E-state index >= 15 is 0 Å². The molecule has 0 spiro atoms. The molecule has 0 bridgehead atoms. The maximum absolute atomic E-state index is 12.2. The SMILES string of the molecule is Cc1ccc(CN2CC[C@@H](NC(=O)CNC(=O)c3cc(S)ccc3N)C2)cc1. The van der Waals surface area contributed by atoms with Gasteiger partial charge in [-0.15, -0.1) is 12.6 Å². The summed E-state index contributed by atoms with van der Waals surface area (Å²) in [6.07, 6.45) is 0.903. The number of aryl methyl sites for hydroxylation is 1. The van der Waals surface area contributed by atoms with Gasteiger partial charge in [-0.2, -0.15) is 0 Å². The van der Waals surface area contributed by atoms with Gasteiger partial charge in [-0.05, 0) is 37.1 Å². The Morgan fingerprint density at radius 2 is 1.96 bits per heavy atom. The van der Waals surface area contributed by atoms with Crippen molar-refractivity contribution in [1.82, 2.24) is 15.5 Å². The lowest BCUT2D eigenvalue weighted by Crippen LogP contribution is -2.43. The maximum atomic E-state index is 12.2. The third kappa shape index (κ3) is 5.50. The van der Waals surface area contributed by atoms with Gasteiger partial charge in [-0.25, -0.2) is 0 Å². The minimum absolute atomic E-state index is 0.0798. The topological polar surface area (TPSA) is 87.5 Å². The fraction of sp³-hybridized carbons (Fsp3) is 0.333. The number of rotatable bonds is 6. The van der Waals surface area contributed by atoms with E-state index in [9.17, 15) is 9.59 Å². The third-order valence-electron chi connectivity index (χ3n) is 4.86. The van der Waals surface area contributed by atoms with Crippen molar-refractivity contribution < 1.29 is 9.59 Å². The number of nitrogens with one attached hydrogen (secondary N) is 2. The molecule has 1 aliphatic rings. The first-order valence-electron chi connectivity index (χ1n) is 9.34. The molecule has 0 radical (unpaired) electrons. The fourth-order valence-electron chi connectivity index (χ4n) is 3.32. The Bertz CT molecular complexity index is 854. The number of carbonyl (C=O) groups excluding carboxylic acids is 2. The van der Waals surface area contributed by atoms with Crippen LogP contribution in [0, 0.1) is 6.92 Å². The number of nitrogen functional groups attached to an aromatic ring is 1. The second-order valence-electron chi connectivity index (χ2n) is 7.23. The Labute approximate surface area is 170 Å². The van der Waals surface area contributed by atoms with Crippen LogP contribution in [0.2, 0.25) is 0 Å². The molecule has 2 amide bonds. The summed E-state index contributed by atoms with van der Waals surface area (Å²) in [6, 6.07) is 13.5. The molecule has 28 heavy (non-hydrogen) atoms. The minimum atomic E-state index is -0.379. The summed E-state index contributed by atoms with van der Waals surface area (Å²) in [4.78, 5) is 27.4. The van der Waals surface area contributed by atoms with E-state index in [0.29, 0.717) is 16.1 Å². The van der Waals surface area contributed by atoms with Crippen LogP contribution >= 0.6 is 12.6 Å². The van der Waals surface area contributed by atoms with E-state index in [2.05, 4.69) is 59.4 Å². The van der Waals surface area contributed by atoms with Crippen molar-refractivity contribution in [2.45, 2.75) is 30.8 Å². The van der Waals surface area contributed by atoms with Crippen LogP contribution in [0.3, 0.4) is 0 Å². The van der Waals surface area contributed by atoms with E-state index in [1.54, 1.807) is 18.2 Å². The predicted molar refractivity (Wildman–Crippen MR) is 113 cm³/mol. The molecule has 7 heteroatoms. The van der Waals surface area contributed by atoms with Gasteiger partial charge in [-0.3, -0.25) is 14.5 Å². The highest BCUT2D eigenvalue weighted by molar-refractivity contribution is 7.80. The van der Waals surface area contributed by atoms with Gasteiger partial charge in [0.05, 0.1) is 12.1 Å². The summed E-state index contributed by atoms with van der Waals surface area (Å²) < 4.78 is 0. The van der Waals surface area contributed by atoms with Gasteiger partial charge in [0.15, 0.2) is 0 Å². The number of carbonyl (C=O) groups is 2. The minimum Gasteiger partial charge on any atom is -0.398 e. The van der Waals surface area contributed by atoms with Crippen molar-refractivity contribution >= 4 is 30.1 Å². The molecular formula is C21H26N4O2S. The number of benzene rings is 2. The van der Waals surface area contributed by atoms with Gasteiger partial charge >= 0.3 is 0 Å². The first-order valence-corrected chi connectivity index (χ1v) is 9.79. The molecule has 2 aromatic rings. The molecule has 1 fully saturated rings. The van der Waals surface area contributed by atoms with Crippen LogP contribution in [0.5, 0.6) is 0 Å². The van der Waals surface area contributed by atoms with Crippen molar-refractivity contribution in [3.8, 4) is 0 Å². The molecule has 1 saturated heterocycles.